The first-order chi connectivity index (χ1) is 24.8. The monoisotopic (exact) mass is 689 g/mol. The number of benzene rings is 4. The lowest BCUT2D eigenvalue weighted by Crippen LogP contribution is -2.37. The summed E-state index contributed by atoms with van der Waals surface area (Å²) < 4.78 is 13.7. The highest BCUT2D eigenvalue weighted by Gasteiger charge is 2.19. The van der Waals surface area contributed by atoms with E-state index in [2.05, 4.69) is 49.8 Å². The Kier molecular flexibility index (Phi) is 11.7. The van der Waals surface area contributed by atoms with E-state index in [1.54, 1.807) is 43.5 Å². The Morgan fingerprint density at radius 1 is 0.863 bits per heavy atom. The van der Waals surface area contributed by atoms with Crippen molar-refractivity contribution in [1.82, 2.24) is 14.8 Å². The zero-order valence-corrected chi connectivity index (χ0v) is 29.5. The van der Waals surface area contributed by atoms with E-state index in [9.17, 15) is 14.7 Å². The van der Waals surface area contributed by atoms with Gasteiger partial charge in [-0.1, -0.05) is 32.0 Å². The normalized spacial score (nSPS) is 13.7. The zero-order chi connectivity index (χ0) is 35.7. The number of para-hydroxylation sites is 1. The van der Waals surface area contributed by atoms with Crippen LogP contribution in [0.4, 0.5) is 16.2 Å². The van der Waals surface area contributed by atoms with Gasteiger partial charge in [-0.05, 0) is 104 Å². The SMILES string of the molecule is CCC(CC)NC(=O)Nc1ccc(Oc2ccc(NC(=O)c3ccc(-n4cc(CN5CCC(O)CC5)c5ccccc54)cc3)cc2)c(COC)c1. The van der Waals surface area contributed by atoms with Crippen LogP contribution in [0.5, 0.6) is 11.5 Å². The van der Waals surface area contributed by atoms with Gasteiger partial charge in [0, 0.05) is 72.6 Å². The lowest BCUT2D eigenvalue weighted by atomic mass is 10.1. The van der Waals surface area contributed by atoms with Crippen LogP contribution in [0, 0.1) is 0 Å². The van der Waals surface area contributed by atoms with Crippen LogP contribution in [-0.2, 0) is 17.9 Å². The Balaban J connectivity index is 1.08. The smallest absolute Gasteiger partial charge is 0.319 e. The zero-order valence-electron chi connectivity index (χ0n) is 29.5. The molecule has 51 heavy (non-hydrogen) atoms. The Morgan fingerprint density at radius 3 is 2.27 bits per heavy atom. The summed E-state index contributed by atoms with van der Waals surface area (Å²) in [6, 6.07) is 28.5. The molecule has 1 aliphatic heterocycles. The Labute approximate surface area is 299 Å². The number of carbonyl (C=O) groups excluding carboxylic acids is 2. The van der Waals surface area contributed by atoms with Crippen molar-refractivity contribution < 1.29 is 24.2 Å². The van der Waals surface area contributed by atoms with Crippen LogP contribution in [0.25, 0.3) is 16.6 Å². The highest BCUT2D eigenvalue weighted by molar-refractivity contribution is 6.04. The molecule has 1 aromatic heterocycles. The van der Waals surface area contributed by atoms with Crippen LogP contribution in [0.1, 0.15) is 61.0 Å². The van der Waals surface area contributed by atoms with Crippen LogP contribution < -0.4 is 20.7 Å². The number of anilines is 2. The molecule has 0 unspecified atom stereocenters. The highest BCUT2D eigenvalue weighted by atomic mass is 16.5. The molecule has 1 saturated heterocycles. The van der Waals surface area contributed by atoms with Gasteiger partial charge in [0.1, 0.15) is 11.5 Å². The van der Waals surface area contributed by atoms with Crippen molar-refractivity contribution in [3.8, 4) is 17.2 Å². The van der Waals surface area contributed by atoms with Gasteiger partial charge in [0.15, 0.2) is 0 Å². The minimum atomic E-state index is -0.246. The fourth-order valence-corrected chi connectivity index (χ4v) is 6.49. The molecule has 0 aliphatic carbocycles. The van der Waals surface area contributed by atoms with Crippen LogP contribution >= 0.6 is 0 Å². The van der Waals surface area contributed by atoms with Crippen LogP contribution in [-0.4, -0.2) is 58.9 Å². The second-order valence-electron chi connectivity index (χ2n) is 13.0. The molecule has 4 aromatic carbocycles. The van der Waals surface area contributed by atoms with Crippen LogP contribution in [0.15, 0.2) is 97.2 Å². The maximum Gasteiger partial charge on any atom is 0.319 e. The quantitative estimate of drug-likeness (QED) is 0.0993. The molecule has 1 fully saturated rings. The molecule has 3 amide bonds. The van der Waals surface area contributed by atoms with E-state index in [0.29, 0.717) is 35.0 Å². The van der Waals surface area contributed by atoms with E-state index in [4.69, 9.17) is 9.47 Å². The Morgan fingerprint density at radius 2 is 1.57 bits per heavy atom. The van der Waals surface area contributed by atoms with Crippen molar-refractivity contribution in [3.05, 3.63) is 114 Å². The molecular weight excluding hydrogens is 642 g/mol. The lowest BCUT2D eigenvalue weighted by Gasteiger charge is -2.29. The van der Waals surface area contributed by atoms with Crippen molar-refractivity contribution in [3.63, 3.8) is 0 Å². The minimum Gasteiger partial charge on any atom is -0.457 e. The number of aliphatic hydroxyl groups is 1. The van der Waals surface area contributed by atoms with Crippen molar-refractivity contribution in [2.75, 3.05) is 30.8 Å². The fraction of sp³-hybridized carbons (Fsp3) is 0.317. The van der Waals surface area contributed by atoms with Gasteiger partial charge in [0.2, 0.25) is 0 Å². The van der Waals surface area contributed by atoms with Gasteiger partial charge in [0.05, 0.1) is 18.2 Å². The van der Waals surface area contributed by atoms with Crippen molar-refractivity contribution in [2.24, 2.45) is 0 Å². The first-order valence-corrected chi connectivity index (χ1v) is 17.7. The first-order valence-electron chi connectivity index (χ1n) is 17.7. The number of methoxy groups -OCH3 is 1. The summed E-state index contributed by atoms with van der Waals surface area (Å²) in [5, 5.41) is 20.0. The molecule has 5 aromatic rings. The summed E-state index contributed by atoms with van der Waals surface area (Å²) in [6.07, 6.45) is 5.34. The summed E-state index contributed by atoms with van der Waals surface area (Å²) in [5.41, 5.74) is 5.96. The molecule has 10 heteroatoms. The number of nitrogens with one attached hydrogen (secondary N) is 3. The summed E-state index contributed by atoms with van der Waals surface area (Å²) in [7, 11) is 1.61. The number of hydrogen-bond acceptors (Lipinski definition) is 6. The number of likely N-dealkylation sites (tertiary alicyclic amines) is 1. The number of hydrogen-bond donors (Lipinski definition) is 4. The second kappa shape index (κ2) is 16.7. The highest BCUT2D eigenvalue weighted by Crippen LogP contribution is 2.30. The molecule has 0 atom stereocenters. The number of aromatic nitrogens is 1. The third-order valence-electron chi connectivity index (χ3n) is 9.43. The number of amides is 3. The Bertz CT molecular complexity index is 1930. The molecule has 0 bridgehead atoms. The van der Waals surface area contributed by atoms with Gasteiger partial charge in [-0.15, -0.1) is 0 Å². The Hall–Kier alpha value is -5.16. The van der Waals surface area contributed by atoms with E-state index in [-0.39, 0.29) is 24.1 Å². The number of aliphatic hydroxyl groups excluding tert-OH is 1. The molecule has 1 aliphatic rings. The number of ether oxygens (including phenoxy) is 2. The fourth-order valence-electron chi connectivity index (χ4n) is 6.49. The average molecular weight is 690 g/mol. The third kappa shape index (κ3) is 8.96. The predicted molar refractivity (Wildman–Crippen MR) is 202 cm³/mol. The molecule has 4 N–H and O–H groups in total. The van der Waals surface area contributed by atoms with Crippen LogP contribution in [0.2, 0.25) is 0 Å². The summed E-state index contributed by atoms with van der Waals surface area (Å²) in [6.45, 7) is 7.01. The number of carbonyl (C=O) groups is 2. The van der Waals surface area contributed by atoms with E-state index in [1.807, 2.05) is 50.2 Å². The average Bonchev–Trinajstić information content (AvgIpc) is 3.51. The molecule has 0 saturated carbocycles. The predicted octanol–water partition coefficient (Wildman–Crippen LogP) is 8.09. The third-order valence-corrected chi connectivity index (χ3v) is 9.43. The number of fused-ring (bicyclic) bond motifs is 1. The minimum absolute atomic E-state index is 0.122. The molecular formula is C41H47N5O5. The van der Waals surface area contributed by atoms with Crippen molar-refractivity contribution >= 4 is 34.2 Å². The van der Waals surface area contributed by atoms with E-state index < -0.39 is 0 Å². The second-order valence-corrected chi connectivity index (χ2v) is 13.0. The number of rotatable bonds is 13. The first kappa shape index (κ1) is 35.7. The van der Waals surface area contributed by atoms with Gasteiger partial charge in [-0.2, -0.15) is 0 Å². The lowest BCUT2D eigenvalue weighted by molar-refractivity contribution is 0.0794. The largest absolute Gasteiger partial charge is 0.457 e. The van der Waals surface area contributed by atoms with E-state index >= 15 is 0 Å². The summed E-state index contributed by atoms with van der Waals surface area (Å²) in [5.74, 6) is 0.992. The number of piperidine rings is 1. The van der Waals surface area contributed by atoms with Gasteiger partial charge < -0.3 is 35.1 Å². The topological polar surface area (TPSA) is 117 Å². The van der Waals surface area contributed by atoms with Crippen molar-refractivity contribution in [1.29, 1.82) is 0 Å². The number of nitrogens with zero attached hydrogens (tertiary/aromatic N) is 2. The van der Waals surface area contributed by atoms with Gasteiger partial charge >= 0.3 is 6.03 Å². The van der Waals surface area contributed by atoms with Crippen molar-refractivity contribution in [2.45, 2.75) is 64.8 Å². The summed E-state index contributed by atoms with van der Waals surface area (Å²) in [4.78, 5) is 28.0. The maximum atomic E-state index is 13.2. The van der Waals surface area contributed by atoms with Crippen LogP contribution in [0.3, 0.4) is 0 Å². The maximum absolute atomic E-state index is 13.2. The molecule has 0 spiro atoms. The van der Waals surface area contributed by atoms with Gasteiger partial charge in [-0.25, -0.2) is 4.79 Å². The standard InChI is InChI=1S/C41H47N5O5/c1-4-31(5-2)43-41(49)44-33-14-19-39(29(24-33)27-50-3)51-36-17-12-32(13-18-36)42-40(48)28-10-15-34(16-11-28)46-26-30(37-8-6-7-9-38(37)46)25-45-22-20-35(47)21-23-45/h6-19,24,26,31,35,47H,4-5,20-23,25,27H2,1-3H3,(H,42,48)(H2,43,44,49). The van der Waals surface area contributed by atoms with Gasteiger partial charge in [0.25, 0.3) is 5.91 Å². The van der Waals surface area contributed by atoms with E-state index in [0.717, 1.165) is 62.1 Å². The molecule has 266 valence electrons. The number of urea groups is 1. The molecule has 0 radical (unpaired) electrons. The van der Waals surface area contributed by atoms with Gasteiger partial charge in [-0.3, -0.25) is 9.69 Å². The molecule has 2 heterocycles. The molecule has 6 rings (SSSR count). The summed E-state index contributed by atoms with van der Waals surface area (Å²) >= 11 is 0. The van der Waals surface area contributed by atoms with E-state index in [1.165, 1.54) is 10.9 Å². The molecule has 10 nitrogen and oxygen atoms in total.